The van der Waals surface area contributed by atoms with Crippen molar-refractivity contribution < 1.29 is 21.6 Å². The molecule has 0 unspecified atom stereocenters. The monoisotopic (exact) mass is 333 g/mol. The summed E-state index contributed by atoms with van der Waals surface area (Å²) in [4.78, 5) is 0.129. The van der Waals surface area contributed by atoms with Gasteiger partial charge in [-0.2, -0.15) is 0 Å². The summed E-state index contributed by atoms with van der Waals surface area (Å²) in [5.41, 5.74) is 0.763. The van der Waals surface area contributed by atoms with Gasteiger partial charge < -0.3 is 4.74 Å². The Bertz CT molecular complexity index is 697. The molecule has 21 heavy (non-hydrogen) atoms. The van der Waals surface area contributed by atoms with E-state index in [2.05, 4.69) is 4.72 Å². The number of benzene rings is 1. The van der Waals surface area contributed by atoms with E-state index in [1.54, 1.807) is 18.2 Å². The topological polar surface area (TPSA) is 89.5 Å². The molecule has 8 heteroatoms. The molecule has 1 aromatic carbocycles. The number of hydrogen-bond acceptors (Lipinski definition) is 5. The Morgan fingerprint density at radius 1 is 1.38 bits per heavy atom. The van der Waals surface area contributed by atoms with E-state index in [1.165, 1.54) is 6.07 Å². The molecule has 1 saturated heterocycles. The predicted octanol–water partition coefficient (Wildman–Crippen LogP) is 0.689. The van der Waals surface area contributed by atoms with Crippen molar-refractivity contribution >= 4 is 19.9 Å². The van der Waals surface area contributed by atoms with Crippen molar-refractivity contribution in [2.45, 2.75) is 30.9 Å². The van der Waals surface area contributed by atoms with Gasteiger partial charge in [-0.3, -0.25) is 0 Å². The second-order valence-electron chi connectivity index (χ2n) is 5.01. The normalized spacial score (nSPS) is 21.5. The summed E-state index contributed by atoms with van der Waals surface area (Å²) in [5, 5.41) is 0. The molecule has 6 nitrogen and oxygen atoms in total. The first-order valence-corrected chi connectivity index (χ1v) is 10.0. The van der Waals surface area contributed by atoms with Gasteiger partial charge in [-0.1, -0.05) is 12.1 Å². The van der Waals surface area contributed by atoms with Crippen molar-refractivity contribution in [2.75, 3.05) is 18.1 Å². The van der Waals surface area contributed by atoms with Crippen LogP contribution in [0.25, 0.3) is 0 Å². The van der Waals surface area contributed by atoms with Gasteiger partial charge in [0.15, 0.2) is 9.84 Å². The maximum absolute atomic E-state index is 12.3. The summed E-state index contributed by atoms with van der Waals surface area (Å²) in [5.74, 6) is -0.102. The molecule has 1 heterocycles. The molecule has 1 fully saturated rings. The highest BCUT2D eigenvalue weighted by molar-refractivity contribution is 7.92. The SMILES string of the molecule is CCOCc1cccc(S(=O)(=O)N[C@@H]2CCS(=O)(=O)C2)c1. The van der Waals surface area contributed by atoms with Crippen LogP contribution in [0.1, 0.15) is 18.9 Å². The molecule has 118 valence electrons. The Labute approximate surface area is 125 Å². The zero-order valence-electron chi connectivity index (χ0n) is 11.8. The van der Waals surface area contributed by atoms with E-state index in [0.717, 1.165) is 5.56 Å². The lowest BCUT2D eigenvalue weighted by molar-refractivity contribution is 0.134. The molecule has 0 aliphatic carbocycles. The molecule has 0 radical (unpaired) electrons. The Hall–Kier alpha value is -0.960. The van der Waals surface area contributed by atoms with Crippen LogP contribution in [0.15, 0.2) is 29.2 Å². The first-order valence-electron chi connectivity index (χ1n) is 6.72. The molecule has 1 atom stereocenters. The fourth-order valence-corrected chi connectivity index (χ4v) is 5.32. The van der Waals surface area contributed by atoms with E-state index in [9.17, 15) is 16.8 Å². The van der Waals surface area contributed by atoms with Gasteiger partial charge in [0.05, 0.1) is 23.0 Å². The Kier molecular flexibility index (Phi) is 5.03. The third-order valence-electron chi connectivity index (χ3n) is 3.24. The van der Waals surface area contributed by atoms with Crippen molar-refractivity contribution in [3.05, 3.63) is 29.8 Å². The average Bonchev–Trinajstić information content (AvgIpc) is 2.75. The van der Waals surface area contributed by atoms with Gasteiger partial charge >= 0.3 is 0 Å². The summed E-state index contributed by atoms with van der Waals surface area (Å²) in [6.45, 7) is 2.76. The Morgan fingerprint density at radius 3 is 2.76 bits per heavy atom. The van der Waals surface area contributed by atoms with Gasteiger partial charge in [-0.25, -0.2) is 21.6 Å². The molecule has 1 aliphatic rings. The Morgan fingerprint density at radius 2 is 2.14 bits per heavy atom. The number of hydrogen-bond donors (Lipinski definition) is 1. The van der Waals surface area contributed by atoms with Crippen molar-refractivity contribution in [1.29, 1.82) is 0 Å². The van der Waals surface area contributed by atoms with Crippen molar-refractivity contribution in [1.82, 2.24) is 4.72 Å². The second kappa shape index (κ2) is 6.43. The lowest BCUT2D eigenvalue weighted by atomic mass is 10.2. The molecule has 0 aromatic heterocycles. The van der Waals surface area contributed by atoms with Crippen LogP contribution in [0.4, 0.5) is 0 Å². The number of sulfone groups is 1. The third kappa shape index (κ3) is 4.50. The predicted molar refractivity (Wildman–Crippen MR) is 79.2 cm³/mol. The second-order valence-corrected chi connectivity index (χ2v) is 8.95. The lowest BCUT2D eigenvalue weighted by Gasteiger charge is -2.12. The number of nitrogens with one attached hydrogen (secondary N) is 1. The molecule has 0 bridgehead atoms. The molecule has 0 spiro atoms. The first-order chi connectivity index (χ1) is 9.82. The maximum atomic E-state index is 12.3. The summed E-state index contributed by atoms with van der Waals surface area (Å²) in [7, 11) is -6.83. The van der Waals surface area contributed by atoms with E-state index in [4.69, 9.17) is 4.74 Å². The van der Waals surface area contributed by atoms with Crippen molar-refractivity contribution in [3.8, 4) is 0 Å². The van der Waals surface area contributed by atoms with E-state index in [0.29, 0.717) is 19.6 Å². The summed E-state index contributed by atoms with van der Waals surface area (Å²) < 4.78 is 55.0. The number of ether oxygens (including phenoxy) is 1. The highest BCUT2D eigenvalue weighted by atomic mass is 32.2. The fraction of sp³-hybridized carbons (Fsp3) is 0.538. The maximum Gasteiger partial charge on any atom is 0.240 e. The van der Waals surface area contributed by atoms with Crippen LogP contribution in [0, 0.1) is 0 Å². The largest absolute Gasteiger partial charge is 0.377 e. The van der Waals surface area contributed by atoms with E-state index in [1.807, 2.05) is 6.92 Å². The molecule has 0 saturated carbocycles. The zero-order valence-corrected chi connectivity index (χ0v) is 13.4. The van der Waals surface area contributed by atoms with E-state index in [-0.39, 0.29) is 16.4 Å². The molecule has 0 amide bonds. The van der Waals surface area contributed by atoms with Crippen LogP contribution >= 0.6 is 0 Å². The summed E-state index contributed by atoms with van der Waals surface area (Å²) in [6.07, 6.45) is 0.320. The van der Waals surface area contributed by atoms with Crippen LogP contribution in [0.5, 0.6) is 0 Å². The summed E-state index contributed by atoms with van der Waals surface area (Å²) in [6, 6.07) is 5.92. The van der Waals surface area contributed by atoms with Crippen LogP contribution in [0.3, 0.4) is 0 Å². The molecule has 2 rings (SSSR count). The van der Waals surface area contributed by atoms with Crippen LogP contribution in [-0.2, 0) is 31.2 Å². The van der Waals surface area contributed by atoms with Crippen LogP contribution < -0.4 is 4.72 Å². The summed E-state index contributed by atoms with van der Waals surface area (Å²) >= 11 is 0. The number of sulfonamides is 1. The van der Waals surface area contributed by atoms with Gasteiger partial charge in [0.2, 0.25) is 10.0 Å². The highest BCUT2D eigenvalue weighted by Gasteiger charge is 2.31. The van der Waals surface area contributed by atoms with Gasteiger partial charge in [-0.15, -0.1) is 0 Å². The smallest absolute Gasteiger partial charge is 0.240 e. The van der Waals surface area contributed by atoms with Gasteiger partial charge in [0.25, 0.3) is 0 Å². The minimum absolute atomic E-state index is 0.0323. The molecule has 1 aromatic rings. The van der Waals surface area contributed by atoms with Crippen molar-refractivity contribution in [3.63, 3.8) is 0 Å². The zero-order chi connectivity index (χ0) is 15.5. The van der Waals surface area contributed by atoms with Crippen molar-refractivity contribution in [2.24, 2.45) is 0 Å². The van der Waals surface area contributed by atoms with Crippen LogP contribution in [0.2, 0.25) is 0 Å². The first kappa shape index (κ1) is 16.4. The molecular formula is C13H19NO5S2. The molecule has 1 N–H and O–H groups in total. The third-order valence-corrected chi connectivity index (χ3v) is 6.52. The van der Waals surface area contributed by atoms with Crippen LogP contribution in [-0.4, -0.2) is 41.0 Å². The molecular weight excluding hydrogens is 314 g/mol. The van der Waals surface area contributed by atoms with Gasteiger partial charge in [0, 0.05) is 12.6 Å². The molecule has 1 aliphatic heterocycles. The quantitative estimate of drug-likeness (QED) is 0.827. The standard InChI is InChI=1S/C13H19NO5S2/c1-2-19-9-11-4-3-5-13(8-11)21(17,18)14-12-6-7-20(15,16)10-12/h3-5,8,12,14H,2,6-7,9-10H2,1H3/t12-/m1/s1. The highest BCUT2D eigenvalue weighted by Crippen LogP contribution is 2.17. The van der Waals surface area contributed by atoms with E-state index >= 15 is 0 Å². The fourth-order valence-electron chi connectivity index (χ4n) is 2.20. The average molecular weight is 333 g/mol. The van der Waals surface area contributed by atoms with Gasteiger partial charge in [-0.05, 0) is 31.0 Å². The van der Waals surface area contributed by atoms with E-state index < -0.39 is 25.9 Å². The lowest BCUT2D eigenvalue weighted by Crippen LogP contribution is -2.35. The van der Waals surface area contributed by atoms with Gasteiger partial charge in [0.1, 0.15) is 0 Å². The Balaban J connectivity index is 2.12. The number of rotatable bonds is 6. The minimum atomic E-state index is -3.71. The minimum Gasteiger partial charge on any atom is -0.377 e.